The summed E-state index contributed by atoms with van der Waals surface area (Å²) in [6, 6.07) is 15.3. The summed E-state index contributed by atoms with van der Waals surface area (Å²) < 4.78 is 4.78. The van der Waals surface area contributed by atoms with Crippen molar-refractivity contribution in [3.63, 3.8) is 0 Å². The van der Waals surface area contributed by atoms with Gasteiger partial charge < -0.3 is 21.1 Å². The number of methoxy groups -OCH3 is 1. The second-order valence-electron chi connectivity index (χ2n) is 8.91. The number of amidine groups is 1. The third-order valence-corrected chi connectivity index (χ3v) is 6.22. The second kappa shape index (κ2) is 12.0. The molecule has 1 aliphatic heterocycles. The summed E-state index contributed by atoms with van der Waals surface area (Å²) in [5.74, 6) is -0.853. The van der Waals surface area contributed by atoms with E-state index in [1.807, 2.05) is 36.4 Å². The van der Waals surface area contributed by atoms with E-state index in [1.54, 1.807) is 36.5 Å². The number of hydrogen-bond acceptors (Lipinski definition) is 6. The first-order valence-electron chi connectivity index (χ1n) is 12.2. The number of esters is 1. The summed E-state index contributed by atoms with van der Waals surface area (Å²) in [7, 11) is 1.34. The molecule has 1 aliphatic rings. The van der Waals surface area contributed by atoms with Gasteiger partial charge in [0.05, 0.1) is 25.3 Å². The van der Waals surface area contributed by atoms with Crippen LogP contribution in [0.4, 0.5) is 5.69 Å². The van der Waals surface area contributed by atoms with Crippen molar-refractivity contribution in [2.75, 3.05) is 12.4 Å². The lowest BCUT2D eigenvalue weighted by Gasteiger charge is -2.19. The molecule has 2 heterocycles. The highest BCUT2D eigenvalue weighted by Gasteiger charge is 2.19. The molecule has 2 bridgehead atoms. The topological polar surface area (TPSA) is 147 Å². The highest BCUT2D eigenvalue weighted by atomic mass is 16.5. The van der Waals surface area contributed by atoms with Crippen LogP contribution in [-0.4, -0.2) is 35.7 Å². The fourth-order valence-electron chi connectivity index (χ4n) is 4.18. The molecule has 9 heteroatoms. The number of amides is 2. The number of carbonyl (C=O) groups excluding carboxylic acids is 3. The van der Waals surface area contributed by atoms with E-state index in [9.17, 15) is 14.4 Å². The Morgan fingerprint density at radius 3 is 2.61 bits per heavy atom. The van der Waals surface area contributed by atoms with E-state index in [4.69, 9.17) is 15.9 Å². The first kappa shape index (κ1) is 26.3. The Hall–Kier alpha value is -4.79. The number of nitrogens with two attached hydrogens (primary N) is 1. The third kappa shape index (κ3) is 6.50. The molecule has 2 amide bonds. The zero-order valence-corrected chi connectivity index (χ0v) is 21.0. The molecule has 0 saturated heterocycles. The van der Waals surface area contributed by atoms with E-state index in [2.05, 4.69) is 15.6 Å². The molecule has 0 spiro atoms. The van der Waals surface area contributed by atoms with Crippen LogP contribution in [0.1, 0.15) is 52.5 Å². The van der Waals surface area contributed by atoms with Gasteiger partial charge in [-0.05, 0) is 54.3 Å². The summed E-state index contributed by atoms with van der Waals surface area (Å²) in [6.45, 7) is 0. The standard InChI is InChI=1S/C29H29N5O4/c1-38-27(36)16-18-7-12-22-21-13-14-32-25(17-21)23(5-3-2-4-6-26(35)33-24(22)15-18)34-29(37)20-10-8-19(9-11-20)28(30)31/h2-3,7-15,17,23H,4-6,16H2,1H3,(H3,30,31)(H,33,35)(H,34,37)/b3-2+/t23-/m0/s1. The second-order valence-corrected chi connectivity index (χ2v) is 8.91. The molecule has 5 N–H and O–H groups in total. The van der Waals surface area contributed by atoms with E-state index in [1.165, 1.54) is 7.11 Å². The average molecular weight is 512 g/mol. The molecule has 2 aromatic carbocycles. The van der Waals surface area contributed by atoms with Crippen LogP contribution in [0.3, 0.4) is 0 Å². The van der Waals surface area contributed by atoms with Crippen LogP contribution in [0.15, 0.2) is 72.9 Å². The number of carbonyl (C=O) groups is 3. The van der Waals surface area contributed by atoms with E-state index in [0.717, 1.165) is 16.7 Å². The van der Waals surface area contributed by atoms with Gasteiger partial charge in [-0.15, -0.1) is 0 Å². The van der Waals surface area contributed by atoms with Crippen molar-refractivity contribution in [3.05, 3.63) is 95.3 Å². The van der Waals surface area contributed by atoms with Crippen molar-refractivity contribution in [2.45, 2.75) is 31.7 Å². The van der Waals surface area contributed by atoms with Crippen molar-refractivity contribution in [1.29, 1.82) is 5.41 Å². The van der Waals surface area contributed by atoms with Gasteiger partial charge in [0.25, 0.3) is 5.91 Å². The largest absolute Gasteiger partial charge is 0.469 e. The number of pyridine rings is 1. The number of ether oxygens (including phenoxy) is 1. The molecule has 38 heavy (non-hydrogen) atoms. The van der Waals surface area contributed by atoms with E-state index in [0.29, 0.717) is 35.3 Å². The van der Waals surface area contributed by atoms with E-state index < -0.39 is 6.04 Å². The average Bonchev–Trinajstić information content (AvgIpc) is 2.92. The Balaban J connectivity index is 1.68. The SMILES string of the molecule is COC(=O)Cc1ccc2c(c1)NC(=O)CC/C=C/C[C@H](NC(=O)c1ccc(C(=N)N)cc1)c1cc-2ccn1. The van der Waals surface area contributed by atoms with Crippen molar-refractivity contribution >= 4 is 29.3 Å². The zero-order chi connectivity index (χ0) is 27.1. The molecule has 1 atom stereocenters. The fourth-order valence-corrected chi connectivity index (χ4v) is 4.18. The summed E-state index contributed by atoms with van der Waals surface area (Å²) in [6.07, 6.45) is 6.91. The van der Waals surface area contributed by atoms with Gasteiger partial charge in [0.1, 0.15) is 5.84 Å². The van der Waals surface area contributed by atoms with Crippen molar-refractivity contribution < 1.29 is 19.1 Å². The molecule has 1 aromatic heterocycles. The maximum atomic E-state index is 13.1. The molecular weight excluding hydrogens is 482 g/mol. The Kier molecular flexibility index (Phi) is 8.27. The van der Waals surface area contributed by atoms with Crippen LogP contribution in [0.2, 0.25) is 0 Å². The Morgan fingerprint density at radius 1 is 1.11 bits per heavy atom. The van der Waals surface area contributed by atoms with Gasteiger partial charge in [-0.1, -0.05) is 36.4 Å². The maximum absolute atomic E-state index is 13.1. The van der Waals surface area contributed by atoms with Gasteiger partial charge in [-0.25, -0.2) is 0 Å². The van der Waals surface area contributed by atoms with Crippen LogP contribution >= 0.6 is 0 Å². The molecule has 194 valence electrons. The lowest BCUT2D eigenvalue weighted by molar-refractivity contribution is -0.139. The highest BCUT2D eigenvalue weighted by molar-refractivity contribution is 5.98. The van der Waals surface area contributed by atoms with Gasteiger partial charge in [0.2, 0.25) is 5.91 Å². The molecule has 0 radical (unpaired) electrons. The van der Waals surface area contributed by atoms with Crippen LogP contribution in [0, 0.1) is 5.41 Å². The molecule has 0 saturated carbocycles. The normalized spacial score (nSPS) is 15.9. The molecular formula is C29H29N5O4. The number of anilines is 1. The summed E-state index contributed by atoms with van der Waals surface area (Å²) >= 11 is 0. The first-order chi connectivity index (χ1) is 18.3. The molecule has 0 aliphatic carbocycles. The number of hydrogen-bond donors (Lipinski definition) is 4. The molecule has 3 aromatic rings. The Morgan fingerprint density at radius 2 is 1.87 bits per heavy atom. The van der Waals surface area contributed by atoms with Crippen molar-refractivity contribution in [1.82, 2.24) is 10.3 Å². The number of nitrogen functional groups attached to an aromatic ring is 1. The van der Waals surface area contributed by atoms with Gasteiger partial charge in [-0.2, -0.15) is 0 Å². The summed E-state index contributed by atoms with van der Waals surface area (Å²) in [4.78, 5) is 42.1. The lowest BCUT2D eigenvalue weighted by Crippen LogP contribution is -2.29. The van der Waals surface area contributed by atoms with Gasteiger partial charge in [-0.3, -0.25) is 24.8 Å². The number of aromatic nitrogens is 1. The van der Waals surface area contributed by atoms with E-state index in [-0.39, 0.29) is 36.5 Å². The van der Waals surface area contributed by atoms with Crippen LogP contribution < -0.4 is 16.4 Å². The minimum atomic E-state index is -0.419. The molecule has 4 rings (SSSR count). The minimum Gasteiger partial charge on any atom is -0.469 e. The predicted octanol–water partition coefficient (Wildman–Crippen LogP) is 3.90. The zero-order valence-electron chi connectivity index (χ0n) is 21.0. The van der Waals surface area contributed by atoms with Gasteiger partial charge >= 0.3 is 5.97 Å². The first-order valence-corrected chi connectivity index (χ1v) is 12.2. The van der Waals surface area contributed by atoms with Crippen LogP contribution in [-0.2, 0) is 20.7 Å². The van der Waals surface area contributed by atoms with Gasteiger partial charge in [0.15, 0.2) is 0 Å². The smallest absolute Gasteiger partial charge is 0.309 e. The maximum Gasteiger partial charge on any atom is 0.309 e. The molecule has 0 unspecified atom stereocenters. The number of rotatable bonds is 5. The fraction of sp³-hybridized carbons (Fsp3) is 0.207. The quantitative estimate of drug-likeness (QED) is 0.177. The Labute approximate surface area is 220 Å². The molecule has 9 nitrogen and oxygen atoms in total. The third-order valence-electron chi connectivity index (χ3n) is 6.22. The van der Waals surface area contributed by atoms with Crippen LogP contribution in [0.25, 0.3) is 11.1 Å². The predicted molar refractivity (Wildman–Crippen MR) is 145 cm³/mol. The number of allylic oxidation sites excluding steroid dienone is 1. The minimum absolute atomic E-state index is 0.0657. The van der Waals surface area contributed by atoms with Gasteiger partial charge in [0, 0.05) is 35.0 Å². The number of benzene rings is 2. The number of fused-ring (bicyclic) bond motifs is 4. The molecule has 0 fully saturated rings. The van der Waals surface area contributed by atoms with E-state index >= 15 is 0 Å². The summed E-state index contributed by atoms with van der Waals surface area (Å²) in [5.41, 5.74) is 10.0. The van der Waals surface area contributed by atoms with Crippen molar-refractivity contribution in [3.8, 4) is 11.1 Å². The van der Waals surface area contributed by atoms with Crippen LogP contribution in [0.5, 0.6) is 0 Å². The number of nitrogens with one attached hydrogen (secondary N) is 3. The van der Waals surface area contributed by atoms with Crippen molar-refractivity contribution in [2.24, 2.45) is 5.73 Å². The lowest BCUT2D eigenvalue weighted by atomic mass is 9.98. The Bertz CT molecular complexity index is 1400. The highest BCUT2D eigenvalue weighted by Crippen LogP contribution is 2.32. The summed E-state index contributed by atoms with van der Waals surface area (Å²) in [5, 5.41) is 13.6. The monoisotopic (exact) mass is 511 g/mol. The number of nitrogens with zero attached hydrogens (tertiary/aromatic N) is 1.